The lowest BCUT2D eigenvalue weighted by Crippen LogP contribution is -2.30. The van der Waals surface area contributed by atoms with Gasteiger partial charge in [-0.1, -0.05) is 23.7 Å². The first-order valence-electron chi connectivity index (χ1n) is 5.13. The summed E-state index contributed by atoms with van der Waals surface area (Å²) >= 11 is 5.94. The van der Waals surface area contributed by atoms with Crippen molar-refractivity contribution in [1.29, 1.82) is 0 Å². The molecule has 3 aromatic rings. The van der Waals surface area contributed by atoms with Crippen molar-refractivity contribution in [2.45, 2.75) is 0 Å². The third-order valence-corrected chi connectivity index (χ3v) is 3.00. The summed E-state index contributed by atoms with van der Waals surface area (Å²) < 4.78 is 5.62. The molecule has 0 bridgehead atoms. The van der Waals surface area contributed by atoms with E-state index in [0.29, 0.717) is 27.0 Å². The highest BCUT2D eigenvalue weighted by Gasteiger charge is 2.18. The van der Waals surface area contributed by atoms with Gasteiger partial charge in [0.2, 0.25) is 0 Å². The minimum atomic E-state index is -1.53. The first-order chi connectivity index (χ1) is 8.16. The van der Waals surface area contributed by atoms with Crippen LogP contribution in [0.3, 0.4) is 0 Å². The minimum absolute atomic E-state index is 0.420. The number of halogens is 1. The molecule has 3 rings (SSSR count). The number of hydrogen-bond acceptors (Lipinski definition) is 3. The summed E-state index contributed by atoms with van der Waals surface area (Å²) in [6, 6.07) is 10.4. The Balaban J connectivity index is 2.51. The highest BCUT2D eigenvalue weighted by molar-refractivity contribution is 6.62. The van der Waals surface area contributed by atoms with Gasteiger partial charge < -0.3 is 14.5 Å². The molecule has 0 amide bonds. The third-order valence-electron chi connectivity index (χ3n) is 2.77. The summed E-state index contributed by atoms with van der Waals surface area (Å²) in [7, 11) is -1.53. The zero-order chi connectivity index (χ0) is 12.0. The fourth-order valence-corrected chi connectivity index (χ4v) is 2.21. The Bertz CT molecular complexity index is 705. The van der Waals surface area contributed by atoms with Gasteiger partial charge in [0.1, 0.15) is 11.2 Å². The fraction of sp³-hybridized carbons (Fsp3) is 0. The predicted octanol–water partition coefficient (Wildman–Crippen LogP) is 1.92. The second kappa shape index (κ2) is 3.77. The second-order valence-corrected chi connectivity index (χ2v) is 4.27. The van der Waals surface area contributed by atoms with Gasteiger partial charge in [-0.15, -0.1) is 0 Å². The minimum Gasteiger partial charge on any atom is -0.456 e. The van der Waals surface area contributed by atoms with E-state index in [1.165, 1.54) is 0 Å². The number of fused-ring (bicyclic) bond motifs is 3. The van der Waals surface area contributed by atoms with Crippen molar-refractivity contribution in [3.63, 3.8) is 0 Å². The average molecular weight is 246 g/mol. The van der Waals surface area contributed by atoms with Crippen molar-refractivity contribution in [2.24, 2.45) is 0 Å². The van der Waals surface area contributed by atoms with Crippen LogP contribution in [0.4, 0.5) is 0 Å². The molecule has 5 heteroatoms. The third kappa shape index (κ3) is 1.62. The molecule has 2 N–H and O–H groups in total. The Hall–Kier alpha value is -1.49. The normalized spacial score (nSPS) is 11.2. The van der Waals surface area contributed by atoms with Gasteiger partial charge in [0.25, 0.3) is 0 Å². The molecule has 0 aliphatic rings. The highest BCUT2D eigenvalue weighted by Crippen LogP contribution is 2.29. The summed E-state index contributed by atoms with van der Waals surface area (Å²) in [4.78, 5) is 0. The average Bonchev–Trinajstić information content (AvgIpc) is 2.66. The van der Waals surface area contributed by atoms with E-state index < -0.39 is 7.12 Å². The van der Waals surface area contributed by atoms with Gasteiger partial charge in [-0.3, -0.25) is 0 Å². The Kier molecular flexibility index (Phi) is 2.36. The SMILES string of the molecule is OB(O)c1cccc2oc3ccc(Cl)cc3c12. The molecule has 0 saturated heterocycles. The van der Waals surface area contributed by atoms with Crippen molar-refractivity contribution in [1.82, 2.24) is 0 Å². The molecule has 0 saturated carbocycles. The molecule has 0 atom stereocenters. The van der Waals surface area contributed by atoms with Crippen LogP contribution in [-0.4, -0.2) is 17.2 Å². The fourth-order valence-electron chi connectivity index (χ4n) is 2.04. The molecular formula is C12H8BClO3. The molecule has 0 radical (unpaired) electrons. The van der Waals surface area contributed by atoms with Crippen LogP contribution in [0, 0.1) is 0 Å². The maximum atomic E-state index is 9.35. The lowest BCUT2D eigenvalue weighted by molar-refractivity contribution is 0.426. The van der Waals surface area contributed by atoms with E-state index in [1.54, 1.807) is 36.4 Å². The van der Waals surface area contributed by atoms with E-state index in [9.17, 15) is 10.0 Å². The van der Waals surface area contributed by atoms with Crippen LogP contribution in [0.25, 0.3) is 21.9 Å². The Morgan fingerprint density at radius 2 is 1.88 bits per heavy atom. The molecule has 1 heterocycles. The van der Waals surface area contributed by atoms with Crippen molar-refractivity contribution >= 4 is 46.1 Å². The molecule has 0 unspecified atom stereocenters. The number of hydrogen-bond donors (Lipinski definition) is 2. The van der Waals surface area contributed by atoms with E-state index in [1.807, 2.05) is 0 Å². The van der Waals surface area contributed by atoms with E-state index in [4.69, 9.17) is 16.0 Å². The molecule has 0 fully saturated rings. The highest BCUT2D eigenvalue weighted by atomic mass is 35.5. The topological polar surface area (TPSA) is 53.6 Å². The summed E-state index contributed by atoms with van der Waals surface area (Å²) in [5.74, 6) is 0. The molecule has 1 aromatic heterocycles. The monoisotopic (exact) mass is 246 g/mol. The lowest BCUT2D eigenvalue weighted by atomic mass is 9.77. The van der Waals surface area contributed by atoms with Gasteiger partial charge in [-0.2, -0.15) is 0 Å². The molecule has 84 valence electrons. The number of furan rings is 1. The molecule has 3 nitrogen and oxygen atoms in total. The van der Waals surface area contributed by atoms with E-state index >= 15 is 0 Å². The van der Waals surface area contributed by atoms with Gasteiger partial charge in [-0.25, -0.2) is 0 Å². The first kappa shape index (κ1) is 10.7. The Morgan fingerprint density at radius 1 is 1.06 bits per heavy atom. The molecule has 17 heavy (non-hydrogen) atoms. The van der Waals surface area contributed by atoms with E-state index in [2.05, 4.69) is 0 Å². The van der Waals surface area contributed by atoms with Gasteiger partial charge in [-0.05, 0) is 29.7 Å². The summed E-state index contributed by atoms with van der Waals surface area (Å²) in [6.07, 6.45) is 0. The Labute approximate surface area is 102 Å². The van der Waals surface area contributed by atoms with Crippen molar-refractivity contribution in [2.75, 3.05) is 0 Å². The smallest absolute Gasteiger partial charge is 0.456 e. The zero-order valence-corrected chi connectivity index (χ0v) is 9.48. The maximum Gasteiger partial charge on any atom is 0.489 e. The zero-order valence-electron chi connectivity index (χ0n) is 8.72. The van der Waals surface area contributed by atoms with Crippen molar-refractivity contribution < 1.29 is 14.5 Å². The maximum absolute atomic E-state index is 9.35. The van der Waals surface area contributed by atoms with Crippen molar-refractivity contribution in [3.05, 3.63) is 41.4 Å². The summed E-state index contributed by atoms with van der Waals surface area (Å²) in [5, 5.41) is 20.8. The van der Waals surface area contributed by atoms with Crippen LogP contribution in [0.1, 0.15) is 0 Å². The van der Waals surface area contributed by atoms with Crippen LogP contribution in [0.15, 0.2) is 40.8 Å². The van der Waals surface area contributed by atoms with Gasteiger partial charge >= 0.3 is 7.12 Å². The standard InChI is InChI=1S/C12H8BClO3/c14-7-4-5-10-8(6-7)12-9(13(15)16)2-1-3-11(12)17-10/h1-6,15-16H. The summed E-state index contributed by atoms with van der Waals surface area (Å²) in [6.45, 7) is 0. The quantitative estimate of drug-likeness (QED) is 0.645. The van der Waals surface area contributed by atoms with Crippen LogP contribution in [0.5, 0.6) is 0 Å². The van der Waals surface area contributed by atoms with Crippen LogP contribution >= 0.6 is 11.6 Å². The van der Waals surface area contributed by atoms with Gasteiger partial charge in [0, 0.05) is 15.8 Å². The van der Waals surface area contributed by atoms with E-state index in [0.717, 1.165) is 5.39 Å². The molecule has 0 spiro atoms. The largest absolute Gasteiger partial charge is 0.489 e. The first-order valence-corrected chi connectivity index (χ1v) is 5.51. The van der Waals surface area contributed by atoms with Crippen molar-refractivity contribution in [3.8, 4) is 0 Å². The number of benzene rings is 2. The Morgan fingerprint density at radius 3 is 2.65 bits per heavy atom. The predicted molar refractivity (Wildman–Crippen MR) is 68.6 cm³/mol. The molecule has 2 aromatic carbocycles. The molecule has 0 aliphatic heterocycles. The molecule has 0 aliphatic carbocycles. The van der Waals surface area contributed by atoms with E-state index in [-0.39, 0.29) is 0 Å². The van der Waals surface area contributed by atoms with Gasteiger partial charge in [0.05, 0.1) is 0 Å². The van der Waals surface area contributed by atoms with Gasteiger partial charge in [0.15, 0.2) is 0 Å². The number of rotatable bonds is 1. The molecular weight excluding hydrogens is 238 g/mol. The van der Waals surface area contributed by atoms with Crippen LogP contribution in [0.2, 0.25) is 5.02 Å². The lowest BCUT2D eigenvalue weighted by Gasteiger charge is -2.00. The van der Waals surface area contributed by atoms with Crippen LogP contribution < -0.4 is 5.46 Å². The summed E-state index contributed by atoms with van der Waals surface area (Å²) in [5.41, 5.74) is 1.72. The van der Waals surface area contributed by atoms with Crippen LogP contribution in [-0.2, 0) is 0 Å². The second-order valence-electron chi connectivity index (χ2n) is 3.84.